The zero-order valence-electron chi connectivity index (χ0n) is 8.62. The van der Waals surface area contributed by atoms with E-state index in [2.05, 4.69) is 38.4 Å². The molecule has 0 saturated carbocycles. The Morgan fingerprint density at radius 3 is 2.29 bits per heavy atom. The highest BCUT2D eigenvalue weighted by atomic mass is 79.9. The number of benzene rings is 1. The first kappa shape index (κ1) is 15.0. The van der Waals surface area contributed by atoms with E-state index in [4.69, 9.17) is 15.4 Å². The molecule has 1 aromatic rings. The van der Waals surface area contributed by atoms with Crippen molar-refractivity contribution in [3.63, 3.8) is 0 Å². The van der Waals surface area contributed by atoms with E-state index in [1.807, 2.05) is 0 Å². The lowest BCUT2D eigenvalue weighted by Gasteiger charge is -2.10. The average molecular weight is 405 g/mol. The fraction of sp³-hybridized carbons (Fsp3) is 0.200. The first-order valence-corrected chi connectivity index (χ1v) is 8.43. The van der Waals surface area contributed by atoms with Crippen LogP contribution in [-0.4, -0.2) is 15.0 Å². The van der Waals surface area contributed by atoms with Crippen LogP contribution in [-0.2, 0) is 9.05 Å². The molecule has 0 spiro atoms. The number of halogens is 3. The maximum Gasteiger partial charge on any atom is 0.261 e. The molecule has 1 aromatic carbocycles. The van der Waals surface area contributed by atoms with E-state index in [1.165, 1.54) is 12.1 Å². The van der Waals surface area contributed by atoms with Crippen LogP contribution in [0.25, 0.3) is 0 Å². The van der Waals surface area contributed by atoms with Crippen molar-refractivity contribution in [1.29, 1.82) is 0 Å². The van der Waals surface area contributed by atoms with Gasteiger partial charge >= 0.3 is 0 Å². The first-order valence-electron chi connectivity index (χ1n) is 4.53. The van der Waals surface area contributed by atoms with Crippen molar-refractivity contribution >= 4 is 51.6 Å². The zero-order valence-corrected chi connectivity index (χ0v) is 13.4. The Balaban J connectivity index is 3.07. The molecule has 0 bridgehead atoms. The molecule has 0 heterocycles. The minimum absolute atomic E-state index is 0.00832. The summed E-state index contributed by atoms with van der Waals surface area (Å²) < 4.78 is 28.9. The van der Waals surface area contributed by atoms with Gasteiger partial charge in [0.1, 0.15) is 5.75 Å². The van der Waals surface area contributed by atoms with Crippen LogP contribution in [0, 0.1) is 0 Å². The highest BCUT2D eigenvalue weighted by Gasteiger charge is 2.16. The molecule has 0 atom stereocenters. The largest absolute Gasteiger partial charge is 0.491 e. The Hall–Kier alpha value is -0.0400. The smallest absolute Gasteiger partial charge is 0.261 e. The normalized spacial score (nSPS) is 11.2. The molecule has 0 radical (unpaired) electrons. The summed E-state index contributed by atoms with van der Waals surface area (Å²) in [5, 5.41) is 0. The summed E-state index contributed by atoms with van der Waals surface area (Å²) in [4.78, 5) is 0.00832. The highest BCUT2D eigenvalue weighted by Crippen LogP contribution is 2.36. The van der Waals surface area contributed by atoms with Gasteiger partial charge < -0.3 is 4.74 Å². The lowest BCUT2D eigenvalue weighted by atomic mass is 10.3. The van der Waals surface area contributed by atoms with Crippen molar-refractivity contribution in [2.24, 2.45) is 0 Å². The highest BCUT2D eigenvalue weighted by molar-refractivity contribution is 9.11. The van der Waals surface area contributed by atoms with Gasteiger partial charge in [0.25, 0.3) is 9.05 Å². The van der Waals surface area contributed by atoms with Gasteiger partial charge in [0, 0.05) is 10.7 Å². The molecule has 0 aliphatic carbocycles. The van der Waals surface area contributed by atoms with E-state index in [1.54, 1.807) is 6.08 Å². The molecule has 0 N–H and O–H groups in total. The number of hydrogen-bond donors (Lipinski definition) is 0. The van der Waals surface area contributed by atoms with Crippen LogP contribution in [0.15, 0.2) is 38.6 Å². The molecule has 0 aliphatic heterocycles. The van der Waals surface area contributed by atoms with Crippen molar-refractivity contribution in [3.8, 4) is 5.75 Å². The molecule has 0 saturated heterocycles. The SMILES string of the molecule is C=CCCOc1c(Br)cc(S(=O)(=O)Cl)cc1Br. The molecule has 0 aromatic heterocycles. The maximum absolute atomic E-state index is 11.2. The van der Waals surface area contributed by atoms with E-state index in [0.29, 0.717) is 27.7 Å². The van der Waals surface area contributed by atoms with E-state index in [-0.39, 0.29) is 4.90 Å². The molecule has 1 rings (SSSR count). The summed E-state index contributed by atoms with van der Waals surface area (Å²) in [5.74, 6) is 0.538. The van der Waals surface area contributed by atoms with Crippen molar-refractivity contribution < 1.29 is 13.2 Å². The second kappa shape index (κ2) is 6.22. The lowest BCUT2D eigenvalue weighted by Crippen LogP contribution is -1.99. The third kappa shape index (κ3) is 4.28. The van der Waals surface area contributed by atoms with E-state index in [9.17, 15) is 8.42 Å². The predicted octanol–water partition coefficient (Wildman–Crippen LogP) is 4.09. The van der Waals surface area contributed by atoms with Crippen molar-refractivity contribution in [2.75, 3.05) is 6.61 Å². The van der Waals surface area contributed by atoms with E-state index >= 15 is 0 Å². The molecule has 0 aliphatic rings. The first-order chi connectivity index (χ1) is 7.86. The Morgan fingerprint density at radius 1 is 1.35 bits per heavy atom. The Morgan fingerprint density at radius 2 is 1.88 bits per heavy atom. The third-order valence-corrected chi connectivity index (χ3v) is 4.33. The molecule has 0 unspecified atom stereocenters. The van der Waals surface area contributed by atoms with Crippen LogP contribution < -0.4 is 4.74 Å². The van der Waals surface area contributed by atoms with Gasteiger partial charge in [-0.05, 0) is 50.4 Å². The second-order valence-electron chi connectivity index (χ2n) is 3.08. The summed E-state index contributed by atoms with van der Waals surface area (Å²) in [7, 11) is 1.51. The van der Waals surface area contributed by atoms with Crippen LogP contribution in [0.2, 0.25) is 0 Å². The molecule has 0 fully saturated rings. The summed E-state index contributed by atoms with van der Waals surface area (Å²) in [6, 6.07) is 2.80. The van der Waals surface area contributed by atoms with Crippen LogP contribution >= 0.6 is 42.5 Å². The van der Waals surface area contributed by atoms with Crippen molar-refractivity contribution in [3.05, 3.63) is 33.7 Å². The van der Waals surface area contributed by atoms with Gasteiger partial charge in [-0.15, -0.1) is 6.58 Å². The molecule has 94 valence electrons. The third-order valence-electron chi connectivity index (χ3n) is 1.82. The maximum atomic E-state index is 11.2. The standard InChI is InChI=1S/C10H9Br2ClO3S/c1-2-3-4-16-10-8(11)5-7(6-9(10)12)17(13,14)15/h2,5-6H,1,3-4H2. The van der Waals surface area contributed by atoms with Crippen LogP contribution in [0.1, 0.15) is 6.42 Å². The molecule has 3 nitrogen and oxygen atoms in total. The van der Waals surface area contributed by atoms with Gasteiger partial charge in [-0.3, -0.25) is 0 Å². The average Bonchev–Trinajstić information content (AvgIpc) is 2.20. The minimum atomic E-state index is -3.75. The summed E-state index contributed by atoms with van der Waals surface area (Å²) in [6.45, 7) is 4.05. The van der Waals surface area contributed by atoms with Gasteiger partial charge in [0.15, 0.2) is 0 Å². The Kier molecular flexibility index (Phi) is 5.50. The molecule has 0 amide bonds. The van der Waals surface area contributed by atoms with Crippen LogP contribution in [0.3, 0.4) is 0 Å². The van der Waals surface area contributed by atoms with Crippen LogP contribution in [0.4, 0.5) is 0 Å². The number of hydrogen-bond acceptors (Lipinski definition) is 3. The van der Waals surface area contributed by atoms with Gasteiger partial charge in [0.05, 0.1) is 20.4 Å². The van der Waals surface area contributed by atoms with E-state index < -0.39 is 9.05 Å². The summed E-state index contributed by atoms with van der Waals surface area (Å²) in [5.41, 5.74) is 0. The fourth-order valence-electron chi connectivity index (χ4n) is 1.06. The van der Waals surface area contributed by atoms with Gasteiger partial charge in [-0.25, -0.2) is 8.42 Å². The summed E-state index contributed by atoms with van der Waals surface area (Å²) in [6.07, 6.45) is 2.44. The predicted molar refractivity (Wildman–Crippen MR) is 75.2 cm³/mol. The molecular formula is C10H9Br2ClO3S. The molecule has 17 heavy (non-hydrogen) atoms. The van der Waals surface area contributed by atoms with Crippen LogP contribution in [0.5, 0.6) is 5.75 Å². The zero-order chi connectivity index (χ0) is 13.1. The second-order valence-corrected chi connectivity index (χ2v) is 7.35. The Bertz CT molecular complexity index is 505. The lowest BCUT2D eigenvalue weighted by molar-refractivity contribution is 0.320. The van der Waals surface area contributed by atoms with Crippen molar-refractivity contribution in [1.82, 2.24) is 0 Å². The minimum Gasteiger partial charge on any atom is -0.491 e. The molecule has 7 heteroatoms. The van der Waals surface area contributed by atoms with Gasteiger partial charge in [-0.2, -0.15) is 0 Å². The van der Waals surface area contributed by atoms with E-state index in [0.717, 1.165) is 0 Å². The fourth-order valence-corrected chi connectivity index (χ4v) is 3.56. The number of rotatable bonds is 5. The Labute approximate surface area is 121 Å². The van der Waals surface area contributed by atoms with Gasteiger partial charge in [-0.1, -0.05) is 6.08 Å². The topological polar surface area (TPSA) is 43.4 Å². The number of ether oxygens (including phenoxy) is 1. The summed E-state index contributed by atoms with van der Waals surface area (Å²) >= 11 is 6.48. The monoisotopic (exact) mass is 402 g/mol. The molecular weight excluding hydrogens is 395 g/mol. The quantitative estimate of drug-likeness (QED) is 0.422. The van der Waals surface area contributed by atoms with Crippen molar-refractivity contribution in [2.45, 2.75) is 11.3 Å². The van der Waals surface area contributed by atoms with Gasteiger partial charge in [0.2, 0.25) is 0 Å².